The van der Waals surface area contributed by atoms with Gasteiger partial charge in [-0.15, -0.1) is 0 Å². The number of nitrogens with one attached hydrogen (secondary N) is 2. The van der Waals surface area contributed by atoms with Crippen molar-refractivity contribution >= 4 is 5.91 Å². The van der Waals surface area contributed by atoms with Gasteiger partial charge in [-0.1, -0.05) is 0 Å². The Kier molecular flexibility index (Phi) is 4.85. The molecule has 0 radical (unpaired) electrons. The zero-order valence-electron chi connectivity index (χ0n) is 11.6. The molecule has 1 amide bonds. The third kappa shape index (κ3) is 4.59. The first-order valence-electron chi connectivity index (χ1n) is 6.97. The Morgan fingerprint density at radius 1 is 1.42 bits per heavy atom. The van der Waals surface area contributed by atoms with E-state index in [9.17, 15) is 4.79 Å². The predicted octanol–water partition coefficient (Wildman–Crippen LogP) is 1.49. The quantitative estimate of drug-likeness (QED) is 0.731. The number of aromatic nitrogens is 2. The maximum absolute atomic E-state index is 11.5. The molecule has 1 aliphatic rings. The van der Waals surface area contributed by atoms with Crippen molar-refractivity contribution in [2.75, 3.05) is 6.54 Å². The lowest BCUT2D eigenvalue weighted by atomic mass is 10.2. The van der Waals surface area contributed by atoms with Gasteiger partial charge in [-0.05, 0) is 39.7 Å². The Hall–Kier alpha value is -1.49. The first-order chi connectivity index (χ1) is 9.16. The van der Waals surface area contributed by atoms with Crippen LogP contribution in [0.5, 0.6) is 0 Å². The van der Waals surface area contributed by atoms with Crippen LogP contribution in [0, 0.1) is 6.92 Å². The number of carbonyl (C=O) groups excluding carboxylic acids is 1. The molecule has 5 nitrogen and oxygen atoms in total. The van der Waals surface area contributed by atoms with E-state index in [1.165, 1.54) is 0 Å². The van der Waals surface area contributed by atoms with Crippen LogP contribution in [-0.2, 0) is 4.79 Å². The van der Waals surface area contributed by atoms with Gasteiger partial charge in [0.15, 0.2) is 0 Å². The third-order valence-electron chi connectivity index (χ3n) is 3.30. The highest BCUT2D eigenvalue weighted by Gasteiger charge is 2.22. The molecule has 1 atom stereocenters. The van der Waals surface area contributed by atoms with E-state index in [2.05, 4.69) is 27.5 Å². The summed E-state index contributed by atoms with van der Waals surface area (Å²) in [6.45, 7) is 4.85. The molecular weight excluding hydrogens is 240 g/mol. The second kappa shape index (κ2) is 6.61. The van der Waals surface area contributed by atoms with Crippen LogP contribution in [0.4, 0.5) is 0 Å². The summed E-state index contributed by atoms with van der Waals surface area (Å²) >= 11 is 0. The number of hydrogen-bond donors (Lipinski definition) is 2. The average molecular weight is 262 g/mol. The van der Waals surface area contributed by atoms with E-state index in [0.717, 1.165) is 37.2 Å². The molecule has 5 heteroatoms. The van der Waals surface area contributed by atoms with Crippen molar-refractivity contribution in [1.82, 2.24) is 20.6 Å². The number of hydrogen-bond acceptors (Lipinski definition) is 4. The molecule has 0 aromatic carbocycles. The third-order valence-corrected chi connectivity index (χ3v) is 3.30. The lowest BCUT2D eigenvalue weighted by Crippen LogP contribution is -2.27. The second-order valence-electron chi connectivity index (χ2n) is 5.15. The highest BCUT2D eigenvalue weighted by Crippen LogP contribution is 2.18. The fraction of sp³-hybridized carbons (Fsp3) is 0.643. The SMILES string of the molecule is Cc1nccnc1C(C)NCCCC(=O)NC1CC1. The zero-order valence-corrected chi connectivity index (χ0v) is 11.6. The minimum atomic E-state index is 0.167. The molecule has 1 unspecified atom stereocenters. The van der Waals surface area contributed by atoms with Crippen molar-refractivity contribution in [3.05, 3.63) is 23.8 Å². The summed E-state index contributed by atoms with van der Waals surface area (Å²) in [6.07, 6.45) is 7.15. The fourth-order valence-electron chi connectivity index (χ4n) is 2.04. The van der Waals surface area contributed by atoms with E-state index in [1.54, 1.807) is 12.4 Å². The summed E-state index contributed by atoms with van der Waals surface area (Å²) in [7, 11) is 0. The van der Waals surface area contributed by atoms with Crippen molar-refractivity contribution in [2.45, 2.75) is 51.6 Å². The van der Waals surface area contributed by atoms with Gasteiger partial charge in [-0.25, -0.2) is 0 Å². The highest BCUT2D eigenvalue weighted by atomic mass is 16.1. The number of nitrogens with zero attached hydrogens (tertiary/aromatic N) is 2. The Bertz CT molecular complexity index is 431. The summed E-state index contributed by atoms with van der Waals surface area (Å²) in [4.78, 5) is 20.1. The fourth-order valence-corrected chi connectivity index (χ4v) is 2.04. The van der Waals surface area contributed by atoms with Crippen LogP contribution in [0.15, 0.2) is 12.4 Å². The van der Waals surface area contributed by atoms with Gasteiger partial charge in [0.25, 0.3) is 0 Å². The summed E-state index contributed by atoms with van der Waals surface area (Å²) in [5, 5.41) is 6.38. The lowest BCUT2D eigenvalue weighted by molar-refractivity contribution is -0.121. The maximum atomic E-state index is 11.5. The van der Waals surface area contributed by atoms with Crippen LogP contribution < -0.4 is 10.6 Å². The molecule has 104 valence electrons. The van der Waals surface area contributed by atoms with Crippen LogP contribution in [0.1, 0.15) is 50.0 Å². The number of aryl methyl sites for hydroxylation is 1. The van der Waals surface area contributed by atoms with E-state index in [4.69, 9.17) is 0 Å². The number of rotatable bonds is 7. The molecule has 1 aliphatic carbocycles. The Labute approximate surface area is 114 Å². The molecule has 0 bridgehead atoms. The van der Waals surface area contributed by atoms with Gasteiger partial charge >= 0.3 is 0 Å². The molecule has 0 aliphatic heterocycles. The molecule has 1 heterocycles. The lowest BCUT2D eigenvalue weighted by Gasteiger charge is -2.14. The summed E-state index contributed by atoms with van der Waals surface area (Å²) in [5.74, 6) is 0.174. The van der Waals surface area contributed by atoms with Crippen molar-refractivity contribution in [3.63, 3.8) is 0 Å². The molecule has 19 heavy (non-hydrogen) atoms. The maximum Gasteiger partial charge on any atom is 0.220 e. The van der Waals surface area contributed by atoms with Crippen molar-refractivity contribution in [1.29, 1.82) is 0 Å². The Balaban J connectivity index is 1.64. The monoisotopic (exact) mass is 262 g/mol. The highest BCUT2D eigenvalue weighted by molar-refractivity contribution is 5.76. The molecule has 2 rings (SSSR count). The summed E-state index contributed by atoms with van der Waals surface area (Å²) < 4.78 is 0. The van der Waals surface area contributed by atoms with Gasteiger partial charge in [0.05, 0.1) is 11.4 Å². The number of amides is 1. The van der Waals surface area contributed by atoms with Crippen LogP contribution in [0.25, 0.3) is 0 Å². The van der Waals surface area contributed by atoms with Crippen molar-refractivity contribution in [2.24, 2.45) is 0 Å². The van der Waals surface area contributed by atoms with Gasteiger partial charge in [-0.3, -0.25) is 14.8 Å². The van der Waals surface area contributed by atoms with E-state index in [-0.39, 0.29) is 11.9 Å². The molecule has 0 saturated heterocycles. The van der Waals surface area contributed by atoms with E-state index in [0.29, 0.717) is 12.5 Å². The van der Waals surface area contributed by atoms with E-state index >= 15 is 0 Å². The largest absolute Gasteiger partial charge is 0.353 e. The molecule has 1 aromatic heterocycles. The molecular formula is C14H22N4O. The second-order valence-corrected chi connectivity index (χ2v) is 5.15. The molecule has 1 fully saturated rings. The van der Waals surface area contributed by atoms with Crippen molar-refractivity contribution < 1.29 is 4.79 Å². The van der Waals surface area contributed by atoms with E-state index in [1.807, 2.05) is 6.92 Å². The first kappa shape index (κ1) is 13.9. The average Bonchev–Trinajstić information content (AvgIpc) is 3.19. The van der Waals surface area contributed by atoms with Crippen LogP contribution in [0.3, 0.4) is 0 Å². The minimum absolute atomic E-state index is 0.167. The van der Waals surface area contributed by atoms with Gasteiger partial charge in [0.2, 0.25) is 5.91 Å². The molecule has 2 N–H and O–H groups in total. The number of carbonyl (C=O) groups is 1. The van der Waals surface area contributed by atoms with Crippen LogP contribution >= 0.6 is 0 Å². The molecule has 0 spiro atoms. The minimum Gasteiger partial charge on any atom is -0.353 e. The normalized spacial score (nSPS) is 16.1. The Morgan fingerprint density at radius 3 is 2.84 bits per heavy atom. The predicted molar refractivity (Wildman–Crippen MR) is 73.6 cm³/mol. The van der Waals surface area contributed by atoms with Gasteiger partial charge in [-0.2, -0.15) is 0 Å². The first-order valence-corrected chi connectivity index (χ1v) is 6.97. The van der Waals surface area contributed by atoms with Crippen LogP contribution in [-0.4, -0.2) is 28.5 Å². The summed E-state index contributed by atoms with van der Waals surface area (Å²) in [6, 6.07) is 0.627. The standard InChI is InChI=1S/C14H22N4O/c1-10(14-11(2)16-8-9-17-14)15-7-3-4-13(19)18-12-5-6-12/h8-10,12,15H,3-7H2,1-2H3,(H,18,19). The van der Waals surface area contributed by atoms with Gasteiger partial charge < -0.3 is 10.6 Å². The smallest absolute Gasteiger partial charge is 0.220 e. The topological polar surface area (TPSA) is 66.9 Å². The molecule has 1 aromatic rings. The Morgan fingerprint density at radius 2 is 2.16 bits per heavy atom. The summed E-state index contributed by atoms with van der Waals surface area (Å²) in [5.41, 5.74) is 1.93. The van der Waals surface area contributed by atoms with Crippen molar-refractivity contribution in [3.8, 4) is 0 Å². The van der Waals surface area contributed by atoms with E-state index < -0.39 is 0 Å². The van der Waals surface area contributed by atoms with Gasteiger partial charge in [0.1, 0.15) is 0 Å². The van der Waals surface area contributed by atoms with Crippen LogP contribution in [0.2, 0.25) is 0 Å². The zero-order chi connectivity index (χ0) is 13.7. The van der Waals surface area contributed by atoms with Gasteiger partial charge in [0, 0.05) is 30.9 Å². The molecule has 1 saturated carbocycles.